The van der Waals surface area contributed by atoms with Gasteiger partial charge in [0.25, 0.3) is 0 Å². The molecular weight excluding hydrogens is 563 g/mol. The summed E-state index contributed by atoms with van der Waals surface area (Å²) in [7, 11) is -5.94. The molecule has 218 valence electrons. The van der Waals surface area contributed by atoms with E-state index in [1.54, 1.807) is 27.7 Å². The normalized spacial score (nSPS) is 13.0. The molecule has 1 amide bonds. The Morgan fingerprint density at radius 3 is 2.44 bits per heavy atom. The predicted molar refractivity (Wildman–Crippen MR) is 138 cm³/mol. The maximum atomic E-state index is 13.0. The van der Waals surface area contributed by atoms with Crippen LogP contribution in [-0.2, 0) is 42.1 Å². The minimum atomic E-state index is -5.94. The summed E-state index contributed by atoms with van der Waals surface area (Å²) < 4.78 is 82.3. The smallest absolute Gasteiger partial charge is 0.466 e. The van der Waals surface area contributed by atoms with Crippen molar-refractivity contribution in [2.24, 2.45) is 0 Å². The van der Waals surface area contributed by atoms with Gasteiger partial charge in [-0.1, -0.05) is 18.2 Å². The molecule has 0 spiro atoms. The number of halogens is 3. The van der Waals surface area contributed by atoms with E-state index in [-0.39, 0.29) is 50.2 Å². The fourth-order valence-electron chi connectivity index (χ4n) is 3.29. The molecule has 9 nitrogen and oxygen atoms in total. The van der Waals surface area contributed by atoms with Crippen LogP contribution in [0.2, 0.25) is 0 Å². The Hall–Kier alpha value is -2.84. The first-order chi connectivity index (χ1) is 18.1. The van der Waals surface area contributed by atoms with Crippen molar-refractivity contribution in [2.75, 3.05) is 19.8 Å². The molecule has 1 N–H and O–H groups in total. The van der Waals surface area contributed by atoms with Gasteiger partial charge < -0.3 is 23.7 Å². The van der Waals surface area contributed by atoms with Crippen molar-refractivity contribution in [3.05, 3.63) is 51.7 Å². The van der Waals surface area contributed by atoms with Crippen LogP contribution in [0.15, 0.2) is 35.7 Å². The lowest BCUT2D eigenvalue weighted by atomic mass is 9.97. The number of nitrogens with one attached hydrogen (secondary N) is 1. The topological polar surface area (TPSA) is 117 Å². The highest BCUT2D eigenvalue weighted by Gasteiger charge is 2.48. The number of alkyl carbamates (subject to hydrolysis) is 1. The summed E-state index contributed by atoms with van der Waals surface area (Å²) >= 11 is 1.49. The van der Waals surface area contributed by atoms with Crippen LogP contribution < -0.4 is 9.50 Å². The van der Waals surface area contributed by atoms with E-state index in [2.05, 4.69) is 9.50 Å². The Balaban J connectivity index is 2.26. The molecule has 1 unspecified atom stereocenters. The predicted octanol–water partition coefficient (Wildman–Crippen LogP) is 5.30. The standard InChI is InChI=1S/C25H32F3NO8S2/c1-5-35-22(30)10-11-34-16-19(21-7-6-12-38-21)14-17-8-9-20(37-39(32,33)25(26,27)28)18(13-17)15-29-23(31)36-24(2,3)4/h6-9,12-13,19H,5,10-11,14-16H2,1-4H3,(H,29,31). The summed E-state index contributed by atoms with van der Waals surface area (Å²) in [4.78, 5) is 24.7. The van der Waals surface area contributed by atoms with E-state index in [4.69, 9.17) is 14.2 Å². The van der Waals surface area contributed by atoms with Crippen LogP contribution >= 0.6 is 11.3 Å². The minimum Gasteiger partial charge on any atom is -0.466 e. The Morgan fingerprint density at radius 1 is 1.13 bits per heavy atom. The average molecular weight is 596 g/mol. The fraction of sp³-hybridized carbons (Fsp3) is 0.520. The lowest BCUT2D eigenvalue weighted by Crippen LogP contribution is -2.32. The highest BCUT2D eigenvalue weighted by atomic mass is 32.2. The van der Waals surface area contributed by atoms with Gasteiger partial charge in [0.1, 0.15) is 11.4 Å². The Labute approximate surface area is 229 Å². The third-order valence-electron chi connectivity index (χ3n) is 4.93. The highest BCUT2D eigenvalue weighted by molar-refractivity contribution is 7.88. The van der Waals surface area contributed by atoms with E-state index >= 15 is 0 Å². The maximum Gasteiger partial charge on any atom is 0.534 e. The number of esters is 1. The monoisotopic (exact) mass is 595 g/mol. The zero-order valence-electron chi connectivity index (χ0n) is 22.0. The van der Waals surface area contributed by atoms with Crippen LogP contribution in [0.1, 0.15) is 56.0 Å². The second kappa shape index (κ2) is 14.0. The van der Waals surface area contributed by atoms with E-state index in [0.29, 0.717) is 12.0 Å². The summed E-state index contributed by atoms with van der Waals surface area (Å²) in [6, 6.07) is 7.77. The van der Waals surface area contributed by atoms with Crippen molar-refractivity contribution in [1.29, 1.82) is 0 Å². The maximum absolute atomic E-state index is 13.0. The summed E-state index contributed by atoms with van der Waals surface area (Å²) in [5.41, 5.74) is -5.84. The Kier molecular flexibility index (Phi) is 11.6. The number of carbonyl (C=O) groups excluding carboxylic acids is 2. The van der Waals surface area contributed by atoms with Gasteiger partial charge in [-0.25, -0.2) is 4.79 Å². The van der Waals surface area contributed by atoms with Crippen molar-refractivity contribution >= 4 is 33.5 Å². The van der Waals surface area contributed by atoms with Crippen LogP contribution in [0.5, 0.6) is 5.75 Å². The van der Waals surface area contributed by atoms with Gasteiger partial charge in [0.15, 0.2) is 0 Å². The quantitative estimate of drug-likeness (QED) is 0.144. The molecule has 1 aromatic heterocycles. The molecule has 1 heterocycles. The second-order valence-electron chi connectivity index (χ2n) is 9.33. The zero-order valence-corrected chi connectivity index (χ0v) is 23.6. The number of hydrogen-bond donors (Lipinski definition) is 1. The van der Waals surface area contributed by atoms with E-state index in [9.17, 15) is 31.2 Å². The lowest BCUT2D eigenvalue weighted by molar-refractivity contribution is -0.144. The number of rotatable bonds is 13. The van der Waals surface area contributed by atoms with Gasteiger partial charge in [-0.3, -0.25) is 4.79 Å². The first-order valence-corrected chi connectivity index (χ1v) is 14.3. The first kappa shape index (κ1) is 32.4. The summed E-state index contributed by atoms with van der Waals surface area (Å²) in [5.74, 6) is -1.13. The van der Waals surface area contributed by atoms with Crippen molar-refractivity contribution in [1.82, 2.24) is 5.32 Å². The van der Waals surface area contributed by atoms with Gasteiger partial charge >= 0.3 is 27.7 Å². The van der Waals surface area contributed by atoms with Crippen LogP contribution in [0.25, 0.3) is 0 Å². The van der Waals surface area contributed by atoms with Crippen LogP contribution in [0, 0.1) is 0 Å². The highest BCUT2D eigenvalue weighted by Crippen LogP contribution is 2.32. The number of benzene rings is 1. The molecule has 0 radical (unpaired) electrons. The number of thiophene rings is 1. The summed E-state index contributed by atoms with van der Waals surface area (Å²) in [6.07, 6.45) is -0.388. The van der Waals surface area contributed by atoms with E-state index in [0.717, 1.165) is 10.9 Å². The van der Waals surface area contributed by atoms with Crippen LogP contribution in [0.4, 0.5) is 18.0 Å². The van der Waals surface area contributed by atoms with Crippen LogP contribution in [0.3, 0.4) is 0 Å². The van der Waals surface area contributed by atoms with Gasteiger partial charge in [0, 0.05) is 22.9 Å². The van der Waals surface area contributed by atoms with Gasteiger partial charge in [-0.2, -0.15) is 21.6 Å². The number of ether oxygens (including phenoxy) is 3. The van der Waals surface area contributed by atoms with Gasteiger partial charge in [0.2, 0.25) is 0 Å². The molecular formula is C25H32F3NO8S2. The largest absolute Gasteiger partial charge is 0.534 e. The van der Waals surface area contributed by atoms with Crippen molar-refractivity contribution < 1.29 is 49.6 Å². The molecule has 0 aliphatic heterocycles. The molecule has 2 aromatic rings. The van der Waals surface area contributed by atoms with E-state index in [1.165, 1.54) is 23.5 Å². The molecule has 0 saturated heterocycles. The number of hydrogen-bond acceptors (Lipinski definition) is 9. The molecule has 0 bridgehead atoms. The Bertz CT molecular complexity index is 1190. The molecule has 39 heavy (non-hydrogen) atoms. The van der Waals surface area contributed by atoms with Crippen molar-refractivity contribution in [2.45, 2.75) is 64.1 Å². The molecule has 2 rings (SSSR count). The average Bonchev–Trinajstić information content (AvgIpc) is 3.34. The summed E-state index contributed by atoms with van der Waals surface area (Å²) in [5, 5.41) is 4.29. The third-order valence-corrected chi connectivity index (χ3v) is 6.93. The van der Waals surface area contributed by atoms with E-state index in [1.807, 2.05) is 17.5 Å². The van der Waals surface area contributed by atoms with Crippen molar-refractivity contribution in [3.8, 4) is 5.75 Å². The molecule has 0 aliphatic carbocycles. The minimum absolute atomic E-state index is 0.000608. The SMILES string of the molecule is CCOC(=O)CCOCC(Cc1ccc(OS(=O)(=O)C(F)(F)F)c(CNC(=O)OC(C)(C)C)c1)c1cccs1. The third kappa shape index (κ3) is 11.0. The summed E-state index contributed by atoms with van der Waals surface area (Å²) in [6.45, 7) is 6.92. The number of amides is 1. The Morgan fingerprint density at radius 2 is 1.85 bits per heavy atom. The molecule has 0 fully saturated rings. The van der Waals surface area contributed by atoms with Crippen molar-refractivity contribution in [3.63, 3.8) is 0 Å². The zero-order chi connectivity index (χ0) is 29.3. The molecule has 1 atom stereocenters. The lowest BCUT2D eigenvalue weighted by Gasteiger charge is -2.21. The van der Waals surface area contributed by atoms with Crippen LogP contribution in [-0.4, -0.2) is 51.4 Å². The van der Waals surface area contributed by atoms with Gasteiger partial charge in [0.05, 0.1) is 26.2 Å². The molecule has 1 aromatic carbocycles. The number of alkyl halides is 3. The molecule has 0 saturated carbocycles. The first-order valence-electron chi connectivity index (χ1n) is 12.0. The number of carbonyl (C=O) groups is 2. The van der Waals surface area contributed by atoms with Gasteiger partial charge in [-0.15, -0.1) is 11.3 Å². The van der Waals surface area contributed by atoms with Gasteiger partial charge in [-0.05, 0) is 57.2 Å². The van der Waals surface area contributed by atoms with E-state index < -0.39 is 33.1 Å². The second-order valence-corrected chi connectivity index (χ2v) is 11.8. The fourth-order valence-corrected chi connectivity index (χ4v) is 4.60. The molecule has 0 aliphatic rings. The molecule has 14 heteroatoms.